The molecular formula is C14H19NO4. The number of rotatable bonds is 6. The van der Waals surface area contributed by atoms with Crippen molar-refractivity contribution in [1.82, 2.24) is 5.32 Å². The van der Waals surface area contributed by atoms with Gasteiger partial charge < -0.3 is 19.5 Å². The third-order valence-electron chi connectivity index (χ3n) is 3.01. The van der Waals surface area contributed by atoms with E-state index in [-0.39, 0.29) is 18.4 Å². The molecule has 1 fully saturated rings. The van der Waals surface area contributed by atoms with Crippen molar-refractivity contribution in [2.45, 2.75) is 12.5 Å². The summed E-state index contributed by atoms with van der Waals surface area (Å²) in [7, 11) is 3.31. The van der Waals surface area contributed by atoms with Crippen LogP contribution in [0.1, 0.15) is 16.8 Å². The highest BCUT2D eigenvalue weighted by atomic mass is 16.6. The van der Waals surface area contributed by atoms with E-state index in [1.54, 1.807) is 32.4 Å². The van der Waals surface area contributed by atoms with Gasteiger partial charge >= 0.3 is 0 Å². The Hall–Kier alpha value is -1.59. The van der Waals surface area contributed by atoms with Crippen LogP contribution in [0.2, 0.25) is 0 Å². The van der Waals surface area contributed by atoms with Crippen LogP contribution in [0, 0.1) is 0 Å². The summed E-state index contributed by atoms with van der Waals surface area (Å²) < 4.78 is 16.5. The van der Waals surface area contributed by atoms with Gasteiger partial charge in [-0.1, -0.05) is 6.07 Å². The van der Waals surface area contributed by atoms with E-state index in [1.165, 1.54) is 0 Å². The molecule has 1 heterocycles. The Labute approximate surface area is 112 Å². The number of Topliss-reactive ketones (excluding diaryl/α,β-unsaturated/α-hetero) is 1. The van der Waals surface area contributed by atoms with Gasteiger partial charge in [-0.05, 0) is 19.2 Å². The van der Waals surface area contributed by atoms with Crippen molar-refractivity contribution in [3.63, 3.8) is 0 Å². The number of nitrogens with one attached hydrogen (secondary N) is 1. The molecule has 0 radical (unpaired) electrons. The van der Waals surface area contributed by atoms with Gasteiger partial charge in [0.2, 0.25) is 0 Å². The van der Waals surface area contributed by atoms with E-state index in [2.05, 4.69) is 5.32 Å². The van der Waals surface area contributed by atoms with Crippen LogP contribution in [0.15, 0.2) is 18.2 Å². The minimum Gasteiger partial charge on any atom is -0.493 e. The van der Waals surface area contributed by atoms with E-state index in [9.17, 15) is 4.79 Å². The Morgan fingerprint density at radius 3 is 3.00 bits per heavy atom. The minimum absolute atomic E-state index is 0.0163. The third kappa shape index (κ3) is 3.24. The lowest BCUT2D eigenvalue weighted by molar-refractivity contribution is 0.0980. The maximum absolute atomic E-state index is 12.1. The first kappa shape index (κ1) is 13.8. The first-order valence-corrected chi connectivity index (χ1v) is 6.35. The summed E-state index contributed by atoms with van der Waals surface area (Å²) in [5, 5.41) is 2.85. The maximum Gasteiger partial charge on any atom is 0.180 e. The molecule has 1 aromatic rings. The summed E-state index contributed by atoms with van der Waals surface area (Å²) in [6, 6.07) is 5.34. The molecule has 104 valence electrons. The number of likely N-dealkylation sites (N-methyl/N-ethyl adjacent to an activating group) is 1. The van der Waals surface area contributed by atoms with Gasteiger partial charge in [0.15, 0.2) is 17.3 Å². The highest BCUT2D eigenvalue weighted by molar-refractivity contribution is 6.00. The summed E-state index contributed by atoms with van der Waals surface area (Å²) >= 11 is 0. The van der Waals surface area contributed by atoms with Gasteiger partial charge in [-0.25, -0.2) is 0 Å². The molecule has 0 spiro atoms. The smallest absolute Gasteiger partial charge is 0.180 e. The molecule has 0 aliphatic carbocycles. The Kier molecular flexibility index (Phi) is 4.76. The van der Waals surface area contributed by atoms with Crippen molar-refractivity contribution >= 4 is 5.78 Å². The van der Waals surface area contributed by atoms with Crippen LogP contribution in [0.4, 0.5) is 0 Å². The molecule has 2 rings (SSSR count). The molecule has 0 bridgehead atoms. The van der Waals surface area contributed by atoms with Crippen molar-refractivity contribution in [2.24, 2.45) is 0 Å². The fourth-order valence-electron chi connectivity index (χ4n) is 2.05. The Bertz CT molecular complexity index is 441. The number of ketones is 1. The number of carbonyl (C=O) groups is 1. The molecule has 1 unspecified atom stereocenters. The molecule has 0 saturated carbocycles. The number of hydrogen-bond acceptors (Lipinski definition) is 5. The molecule has 1 saturated heterocycles. The second-order valence-corrected chi connectivity index (χ2v) is 4.39. The second-order valence-electron chi connectivity index (χ2n) is 4.39. The molecule has 0 aromatic heterocycles. The minimum atomic E-state index is -0.0182. The zero-order valence-corrected chi connectivity index (χ0v) is 11.3. The predicted octanol–water partition coefficient (Wildman–Crippen LogP) is 1.27. The lowest BCUT2D eigenvalue weighted by atomic mass is 10.1. The number of ether oxygens (including phenoxy) is 3. The lowest BCUT2D eigenvalue weighted by Crippen LogP contribution is -2.22. The fraction of sp³-hybridized carbons (Fsp3) is 0.500. The van der Waals surface area contributed by atoms with Crippen LogP contribution in [0.5, 0.6) is 11.5 Å². The van der Waals surface area contributed by atoms with E-state index in [1.807, 2.05) is 0 Å². The Morgan fingerprint density at radius 2 is 2.37 bits per heavy atom. The van der Waals surface area contributed by atoms with Gasteiger partial charge in [-0.3, -0.25) is 4.79 Å². The van der Waals surface area contributed by atoms with Gasteiger partial charge in [0.05, 0.1) is 32.4 Å². The van der Waals surface area contributed by atoms with Gasteiger partial charge in [-0.2, -0.15) is 0 Å². The lowest BCUT2D eigenvalue weighted by Gasteiger charge is -2.17. The molecule has 19 heavy (non-hydrogen) atoms. The normalized spacial score (nSPS) is 18.3. The van der Waals surface area contributed by atoms with E-state index in [0.29, 0.717) is 30.3 Å². The quantitative estimate of drug-likeness (QED) is 0.785. The molecule has 1 aliphatic rings. The Balaban J connectivity index is 2.27. The van der Waals surface area contributed by atoms with Crippen molar-refractivity contribution < 1.29 is 19.0 Å². The van der Waals surface area contributed by atoms with Gasteiger partial charge in [0.25, 0.3) is 0 Å². The van der Waals surface area contributed by atoms with E-state index in [4.69, 9.17) is 14.2 Å². The fourth-order valence-corrected chi connectivity index (χ4v) is 2.05. The number of benzene rings is 1. The first-order valence-electron chi connectivity index (χ1n) is 6.35. The standard InChI is InChI=1S/C14H19NO4/c1-15-8-12(16)11-4-3-5-13(17-2)14(11)19-10-6-7-18-9-10/h3-5,10,15H,6-9H2,1-2H3. The van der Waals surface area contributed by atoms with Crippen LogP contribution in [-0.2, 0) is 4.74 Å². The van der Waals surface area contributed by atoms with Crippen molar-refractivity contribution in [1.29, 1.82) is 0 Å². The van der Waals surface area contributed by atoms with Crippen molar-refractivity contribution in [3.05, 3.63) is 23.8 Å². The second kappa shape index (κ2) is 6.54. The molecule has 1 aliphatic heterocycles. The number of carbonyl (C=O) groups excluding carboxylic acids is 1. The zero-order chi connectivity index (χ0) is 13.7. The number of methoxy groups -OCH3 is 1. The SMILES string of the molecule is CNCC(=O)c1cccc(OC)c1OC1CCOC1. The highest BCUT2D eigenvalue weighted by Crippen LogP contribution is 2.33. The molecule has 1 atom stereocenters. The number of hydrogen-bond donors (Lipinski definition) is 1. The molecule has 5 nitrogen and oxygen atoms in total. The van der Waals surface area contributed by atoms with Crippen molar-refractivity contribution in [3.8, 4) is 11.5 Å². The average molecular weight is 265 g/mol. The van der Waals surface area contributed by atoms with E-state index < -0.39 is 0 Å². The van der Waals surface area contributed by atoms with E-state index in [0.717, 1.165) is 6.42 Å². The molecule has 0 amide bonds. The molecule has 5 heteroatoms. The molecule has 1 aromatic carbocycles. The summed E-state index contributed by atoms with van der Waals surface area (Å²) in [6.45, 7) is 1.52. The van der Waals surface area contributed by atoms with Crippen LogP contribution in [0.25, 0.3) is 0 Å². The molecular weight excluding hydrogens is 246 g/mol. The number of para-hydroxylation sites is 1. The van der Waals surface area contributed by atoms with Gasteiger partial charge in [-0.15, -0.1) is 0 Å². The topological polar surface area (TPSA) is 56.8 Å². The first-order chi connectivity index (χ1) is 9.26. The van der Waals surface area contributed by atoms with Gasteiger partial charge in [0, 0.05) is 6.42 Å². The summed E-state index contributed by atoms with van der Waals surface area (Å²) in [4.78, 5) is 12.1. The maximum atomic E-state index is 12.1. The third-order valence-corrected chi connectivity index (χ3v) is 3.01. The molecule has 1 N–H and O–H groups in total. The van der Waals surface area contributed by atoms with E-state index >= 15 is 0 Å². The summed E-state index contributed by atoms with van der Waals surface area (Å²) in [5.74, 6) is 1.07. The Morgan fingerprint density at radius 1 is 1.53 bits per heavy atom. The predicted molar refractivity (Wildman–Crippen MR) is 71.1 cm³/mol. The highest BCUT2D eigenvalue weighted by Gasteiger charge is 2.23. The average Bonchev–Trinajstić information content (AvgIpc) is 2.92. The summed E-state index contributed by atoms with van der Waals surface area (Å²) in [6.07, 6.45) is 0.815. The van der Waals surface area contributed by atoms with Crippen LogP contribution in [0.3, 0.4) is 0 Å². The van der Waals surface area contributed by atoms with Crippen molar-refractivity contribution in [2.75, 3.05) is 33.9 Å². The van der Waals surface area contributed by atoms with Crippen LogP contribution < -0.4 is 14.8 Å². The zero-order valence-electron chi connectivity index (χ0n) is 11.3. The monoisotopic (exact) mass is 265 g/mol. The largest absolute Gasteiger partial charge is 0.493 e. The van der Waals surface area contributed by atoms with Crippen LogP contribution in [-0.4, -0.2) is 45.8 Å². The summed E-state index contributed by atoms with van der Waals surface area (Å²) in [5.41, 5.74) is 0.542. The van der Waals surface area contributed by atoms with Gasteiger partial charge in [0.1, 0.15) is 6.10 Å². The van der Waals surface area contributed by atoms with Crippen LogP contribution >= 0.6 is 0 Å².